The molecular formula is C12H13NO3. The molecule has 0 unspecified atom stereocenters. The van der Waals surface area contributed by atoms with Gasteiger partial charge in [0, 0.05) is 6.92 Å². The minimum absolute atomic E-state index is 0.0557. The Morgan fingerprint density at radius 3 is 2.19 bits per heavy atom. The summed E-state index contributed by atoms with van der Waals surface area (Å²) >= 11 is 0. The molecule has 0 heterocycles. The predicted octanol–water partition coefficient (Wildman–Crippen LogP) is 1.51. The van der Waals surface area contributed by atoms with Crippen molar-refractivity contribution in [3.8, 4) is 0 Å². The Morgan fingerprint density at radius 1 is 1.25 bits per heavy atom. The molecule has 1 aromatic carbocycles. The van der Waals surface area contributed by atoms with Crippen LogP contribution >= 0.6 is 0 Å². The molecule has 1 aliphatic rings. The van der Waals surface area contributed by atoms with Crippen LogP contribution in [0.4, 0.5) is 0 Å². The van der Waals surface area contributed by atoms with Gasteiger partial charge < -0.3 is 10.4 Å². The van der Waals surface area contributed by atoms with Gasteiger partial charge in [-0.3, -0.25) is 4.79 Å². The van der Waals surface area contributed by atoms with Gasteiger partial charge >= 0.3 is 5.97 Å². The van der Waals surface area contributed by atoms with Gasteiger partial charge in [0.2, 0.25) is 5.91 Å². The van der Waals surface area contributed by atoms with E-state index < -0.39 is 5.97 Å². The van der Waals surface area contributed by atoms with E-state index in [1.165, 1.54) is 6.92 Å². The van der Waals surface area contributed by atoms with Gasteiger partial charge in [0.1, 0.15) is 0 Å². The van der Waals surface area contributed by atoms with Gasteiger partial charge in [-0.15, -0.1) is 0 Å². The van der Waals surface area contributed by atoms with Crippen molar-refractivity contribution in [3.63, 3.8) is 0 Å². The van der Waals surface area contributed by atoms with Crippen LogP contribution in [-0.4, -0.2) is 17.0 Å². The minimum Gasteiger partial charge on any atom is -0.478 e. The molecule has 0 aromatic heterocycles. The zero-order valence-corrected chi connectivity index (χ0v) is 8.99. The molecule has 0 bridgehead atoms. The highest BCUT2D eigenvalue weighted by atomic mass is 16.4. The van der Waals surface area contributed by atoms with E-state index in [0.717, 1.165) is 18.4 Å². The summed E-state index contributed by atoms with van der Waals surface area (Å²) in [5.74, 6) is -0.990. The molecule has 0 radical (unpaired) electrons. The fraction of sp³-hybridized carbons (Fsp3) is 0.333. The number of nitrogens with one attached hydrogen (secondary N) is 1. The van der Waals surface area contributed by atoms with Crippen LogP contribution in [-0.2, 0) is 10.3 Å². The smallest absolute Gasteiger partial charge is 0.335 e. The number of rotatable bonds is 3. The van der Waals surface area contributed by atoms with Crippen LogP contribution in [0.25, 0.3) is 0 Å². The molecule has 2 N–H and O–H groups in total. The molecule has 4 nitrogen and oxygen atoms in total. The van der Waals surface area contributed by atoms with Gasteiger partial charge in [-0.2, -0.15) is 0 Å². The highest BCUT2D eigenvalue weighted by Gasteiger charge is 2.44. The third kappa shape index (κ3) is 1.91. The van der Waals surface area contributed by atoms with Gasteiger partial charge in [-0.05, 0) is 30.5 Å². The number of hydrogen-bond acceptors (Lipinski definition) is 2. The fourth-order valence-electron chi connectivity index (χ4n) is 1.88. The summed E-state index contributed by atoms with van der Waals surface area (Å²) in [5, 5.41) is 11.7. The van der Waals surface area contributed by atoms with Gasteiger partial charge in [0.05, 0.1) is 11.1 Å². The Balaban J connectivity index is 2.22. The molecule has 0 aliphatic heterocycles. The highest BCUT2D eigenvalue weighted by Crippen LogP contribution is 2.45. The third-order valence-electron chi connectivity index (χ3n) is 2.85. The minimum atomic E-state index is -0.934. The van der Waals surface area contributed by atoms with Gasteiger partial charge in [-0.25, -0.2) is 4.79 Å². The van der Waals surface area contributed by atoms with Crippen LogP contribution in [0.15, 0.2) is 24.3 Å². The Kier molecular flexibility index (Phi) is 2.42. The van der Waals surface area contributed by atoms with E-state index in [4.69, 9.17) is 5.11 Å². The van der Waals surface area contributed by atoms with Gasteiger partial charge in [-0.1, -0.05) is 12.1 Å². The van der Waals surface area contributed by atoms with E-state index in [0.29, 0.717) is 0 Å². The van der Waals surface area contributed by atoms with Crippen LogP contribution in [0.2, 0.25) is 0 Å². The molecule has 1 amide bonds. The van der Waals surface area contributed by atoms with E-state index in [1.54, 1.807) is 24.3 Å². The number of hydrogen-bond donors (Lipinski definition) is 2. The Hall–Kier alpha value is -1.84. The molecule has 84 valence electrons. The Labute approximate surface area is 93.3 Å². The molecule has 0 spiro atoms. The number of benzene rings is 1. The number of amides is 1. The first-order chi connectivity index (χ1) is 7.53. The van der Waals surface area contributed by atoms with E-state index in [9.17, 15) is 9.59 Å². The maximum absolute atomic E-state index is 11.0. The lowest BCUT2D eigenvalue weighted by molar-refractivity contribution is -0.120. The number of carbonyl (C=O) groups excluding carboxylic acids is 1. The van der Waals surface area contributed by atoms with Crippen LogP contribution in [0, 0.1) is 0 Å². The van der Waals surface area contributed by atoms with Crippen LogP contribution < -0.4 is 5.32 Å². The monoisotopic (exact) mass is 219 g/mol. The molecule has 0 atom stereocenters. The standard InChI is InChI=1S/C12H13NO3/c1-8(14)13-12(6-7-12)10-4-2-9(3-5-10)11(15)16/h2-5H,6-7H2,1H3,(H,13,14)(H,15,16). The fourth-order valence-corrected chi connectivity index (χ4v) is 1.88. The van der Waals surface area contributed by atoms with Crippen LogP contribution in [0.3, 0.4) is 0 Å². The van der Waals surface area contributed by atoms with Crippen molar-refractivity contribution in [2.24, 2.45) is 0 Å². The van der Waals surface area contributed by atoms with E-state index in [-0.39, 0.29) is 17.0 Å². The first-order valence-corrected chi connectivity index (χ1v) is 5.16. The summed E-state index contributed by atoms with van der Waals surface area (Å²) in [6, 6.07) is 6.68. The molecule has 16 heavy (non-hydrogen) atoms. The first-order valence-electron chi connectivity index (χ1n) is 5.16. The molecule has 1 aromatic rings. The quantitative estimate of drug-likeness (QED) is 0.809. The maximum Gasteiger partial charge on any atom is 0.335 e. The zero-order valence-electron chi connectivity index (χ0n) is 8.99. The lowest BCUT2D eigenvalue weighted by Gasteiger charge is -2.16. The van der Waals surface area contributed by atoms with Crippen molar-refractivity contribution in [2.75, 3.05) is 0 Å². The second-order valence-corrected chi connectivity index (χ2v) is 4.15. The summed E-state index contributed by atoms with van der Waals surface area (Å²) in [6.45, 7) is 1.49. The van der Waals surface area contributed by atoms with Gasteiger partial charge in [0.15, 0.2) is 0 Å². The van der Waals surface area contributed by atoms with E-state index in [2.05, 4.69) is 5.32 Å². The average molecular weight is 219 g/mol. The molecule has 2 rings (SSSR count). The van der Waals surface area contributed by atoms with Crippen molar-refractivity contribution in [1.82, 2.24) is 5.32 Å². The number of carboxylic acids is 1. The van der Waals surface area contributed by atoms with Crippen molar-refractivity contribution in [3.05, 3.63) is 35.4 Å². The highest BCUT2D eigenvalue weighted by molar-refractivity contribution is 5.87. The normalized spacial score (nSPS) is 16.6. The molecular weight excluding hydrogens is 206 g/mol. The van der Waals surface area contributed by atoms with Crippen molar-refractivity contribution < 1.29 is 14.7 Å². The van der Waals surface area contributed by atoms with Crippen molar-refractivity contribution in [1.29, 1.82) is 0 Å². The summed E-state index contributed by atoms with van der Waals surface area (Å²) < 4.78 is 0. The van der Waals surface area contributed by atoms with Crippen molar-refractivity contribution >= 4 is 11.9 Å². The zero-order chi connectivity index (χ0) is 11.8. The summed E-state index contributed by atoms with van der Waals surface area (Å²) in [5.41, 5.74) is 0.998. The summed E-state index contributed by atoms with van der Waals surface area (Å²) in [7, 11) is 0. The third-order valence-corrected chi connectivity index (χ3v) is 2.85. The predicted molar refractivity (Wildman–Crippen MR) is 58.1 cm³/mol. The summed E-state index contributed by atoms with van der Waals surface area (Å²) in [6.07, 6.45) is 1.83. The van der Waals surface area contributed by atoms with E-state index >= 15 is 0 Å². The molecule has 0 saturated heterocycles. The largest absolute Gasteiger partial charge is 0.478 e. The topological polar surface area (TPSA) is 66.4 Å². The van der Waals surface area contributed by atoms with E-state index in [1.807, 2.05) is 0 Å². The number of carboxylic acid groups (broad SMARTS) is 1. The molecule has 1 saturated carbocycles. The second kappa shape index (κ2) is 3.63. The second-order valence-electron chi connectivity index (χ2n) is 4.15. The van der Waals surface area contributed by atoms with Crippen LogP contribution in [0.5, 0.6) is 0 Å². The lowest BCUT2D eigenvalue weighted by atomic mass is 10.0. The SMILES string of the molecule is CC(=O)NC1(c2ccc(C(=O)O)cc2)CC1. The lowest BCUT2D eigenvalue weighted by Crippen LogP contribution is -2.32. The van der Waals surface area contributed by atoms with Gasteiger partial charge in [0.25, 0.3) is 0 Å². The maximum atomic E-state index is 11.0. The first kappa shape index (κ1) is 10.7. The van der Waals surface area contributed by atoms with Crippen LogP contribution in [0.1, 0.15) is 35.7 Å². The molecule has 1 aliphatic carbocycles. The molecule has 1 fully saturated rings. The van der Waals surface area contributed by atoms with Crippen molar-refractivity contribution in [2.45, 2.75) is 25.3 Å². The Bertz CT molecular complexity index is 432. The number of carbonyl (C=O) groups is 2. The molecule has 4 heteroatoms. The number of aromatic carboxylic acids is 1. The average Bonchev–Trinajstić information content (AvgIpc) is 2.98. The Morgan fingerprint density at radius 2 is 1.81 bits per heavy atom. The summed E-state index contributed by atoms with van der Waals surface area (Å²) in [4.78, 5) is 21.7.